The molecular formula is C16H16ClNO4S. The SMILES string of the molecule is COC(=O)c1ccc(C)c(S(=O)(=O)Nc2cccc(Cl)c2C)c1. The number of methoxy groups -OCH3 is 1. The van der Waals surface area contributed by atoms with Gasteiger partial charge < -0.3 is 4.74 Å². The van der Waals surface area contributed by atoms with Crippen LogP contribution in [0.3, 0.4) is 0 Å². The van der Waals surface area contributed by atoms with Crippen LogP contribution in [0.1, 0.15) is 21.5 Å². The van der Waals surface area contributed by atoms with Crippen molar-refractivity contribution in [3.8, 4) is 0 Å². The fraction of sp³-hybridized carbons (Fsp3) is 0.188. The van der Waals surface area contributed by atoms with Crippen LogP contribution in [0.2, 0.25) is 5.02 Å². The third kappa shape index (κ3) is 3.65. The van der Waals surface area contributed by atoms with Gasteiger partial charge in [-0.3, -0.25) is 4.72 Å². The zero-order valence-electron chi connectivity index (χ0n) is 12.9. The average Bonchev–Trinajstić information content (AvgIpc) is 2.51. The van der Waals surface area contributed by atoms with E-state index in [1.54, 1.807) is 38.1 Å². The highest BCUT2D eigenvalue weighted by Gasteiger charge is 2.20. The summed E-state index contributed by atoms with van der Waals surface area (Å²) in [6, 6.07) is 9.33. The normalized spacial score (nSPS) is 11.1. The topological polar surface area (TPSA) is 72.5 Å². The first-order valence-electron chi connectivity index (χ1n) is 6.73. The first-order valence-corrected chi connectivity index (χ1v) is 8.59. The number of carbonyl (C=O) groups is 1. The lowest BCUT2D eigenvalue weighted by atomic mass is 10.1. The number of halogens is 1. The molecule has 0 saturated carbocycles. The number of aryl methyl sites for hydroxylation is 1. The summed E-state index contributed by atoms with van der Waals surface area (Å²) in [5.74, 6) is -0.597. The third-order valence-corrected chi connectivity index (χ3v) is 5.33. The highest BCUT2D eigenvalue weighted by molar-refractivity contribution is 7.92. The van der Waals surface area contributed by atoms with E-state index in [4.69, 9.17) is 11.6 Å². The molecule has 0 heterocycles. The van der Waals surface area contributed by atoms with Gasteiger partial charge in [-0.2, -0.15) is 0 Å². The maximum absolute atomic E-state index is 12.6. The molecule has 0 aromatic heterocycles. The van der Waals surface area contributed by atoms with Crippen molar-refractivity contribution in [1.82, 2.24) is 0 Å². The number of hydrogen-bond acceptors (Lipinski definition) is 4. The second kappa shape index (κ2) is 6.60. The number of sulfonamides is 1. The summed E-state index contributed by atoms with van der Waals surface area (Å²) in [6.45, 7) is 3.37. The molecule has 0 unspecified atom stereocenters. The van der Waals surface area contributed by atoms with Gasteiger partial charge in [0.1, 0.15) is 0 Å². The van der Waals surface area contributed by atoms with Crippen molar-refractivity contribution in [1.29, 1.82) is 0 Å². The molecule has 122 valence electrons. The summed E-state index contributed by atoms with van der Waals surface area (Å²) in [5, 5.41) is 0.463. The van der Waals surface area contributed by atoms with Gasteiger partial charge in [0.25, 0.3) is 10.0 Å². The van der Waals surface area contributed by atoms with Crippen LogP contribution in [0, 0.1) is 13.8 Å². The van der Waals surface area contributed by atoms with Gasteiger partial charge in [0, 0.05) is 5.02 Å². The molecule has 0 spiro atoms. The van der Waals surface area contributed by atoms with Crippen LogP contribution in [0.25, 0.3) is 0 Å². The highest BCUT2D eigenvalue weighted by atomic mass is 35.5. The maximum atomic E-state index is 12.6. The number of nitrogens with one attached hydrogen (secondary N) is 1. The first-order chi connectivity index (χ1) is 10.8. The van der Waals surface area contributed by atoms with Crippen molar-refractivity contribution in [3.63, 3.8) is 0 Å². The Bertz CT molecular complexity index is 862. The van der Waals surface area contributed by atoms with Gasteiger partial charge in [0.15, 0.2) is 0 Å². The molecule has 23 heavy (non-hydrogen) atoms. The van der Waals surface area contributed by atoms with Crippen LogP contribution in [0.15, 0.2) is 41.3 Å². The molecule has 0 fully saturated rings. The van der Waals surface area contributed by atoms with E-state index in [0.717, 1.165) is 0 Å². The van der Waals surface area contributed by atoms with E-state index < -0.39 is 16.0 Å². The van der Waals surface area contributed by atoms with Crippen molar-refractivity contribution in [2.75, 3.05) is 11.8 Å². The van der Waals surface area contributed by atoms with E-state index in [-0.39, 0.29) is 10.5 Å². The molecular weight excluding hydrogens is 338 g/mol. The summed E-state index contributed by atoms with van der Waals surface area (Å²) in [4.78, 5) is 11.6. The molecule has 1 N–H and O–H groups in total. The molecule has 5 nitrogen and oxygen atoms in total. The molecule has 0 aliphatic carbocycles. The lowest BCUT2D eigenvalue weighted by molar-refractivity contribution is 0.0600. The van der Waals surface area contributed by atoms with Crippen molar-refractivity contribution < 1.29 is 17.9 Å². The Labute approximate surface area is 140 Å². The van der Waals surface area contributed by atoms with Crippen molar-refractivity contribution in [2.45, 2.75) is 18.7 Å². The minimum absolute atomic E-state index is 0.0137. The van der Waals surface area contributed by atoms with Crippen molar-refractivity contribution in [3.05, 3.63) is 58.1 Å². The van der Waals surface area contributed by atoms with E-state index in [2.05, 4.69) is 9.46 Å². The van der Waals surface area contributed by atoms with E-state index in [1.165, 1.54) is 19.2 Å². The van der Waals surface area contributed by atoms with Crippen molar-refractivity contribution in [2.24, 2.45) is 0 Å². The number of carbonyl (C=O) groups excluding carboxylic acids is 1. The highest BCUT2D eigenvalue weighted by Crippen LogP contribution is 2.26. The quantitative estimate of drug-likeness (QED) is 0.853. The fourth-order valence-corrected chi connectivity index (χ4v) is 3.62. The molecule has 0 radical (unpaired) electrons. The van der Waals surface area contributed by atoms with E-state index in [9.17, 15) is 13.2 Å². The summed E-state index contributed by atoms with van der Waals surface area (Å²) >= 11 is 6.01. The predicted octanol–water partition coefficient (Wildman–Crippen LogP) is 3.54. The van der Waals surface area contributed by atoms with Gasteiger partial charge in [-0.1, -0.05) is 23.7 Å². The Balaban J connectivity index is 2.47. The van der Waals surface area contributed by atoms with Crippen molar-refractivity contribution >= 4 is 33.3 Å². The molecule has 7 heteroatoms. The molecule has 2 rings (SSSR count). The summed E-state index contributed by atoms with van der Waals surface area (Å²) in [6.07, 6.45) is 0. The number of ether oxygens (including phenoxy) is 1. The third-order valence-electron chi connectivity index (χ3n) is 3.41. The van der Waals surface area contributed by atoms with Crippen LogP contribution in [-0.4, -0.2) is 21.5 Å². The largest absolute Gasteiger partial charge is 0.465 e. The number of benzene rings is 2. The second-order valence-corrected chi connectivity index (χ2v) is 7.05. The fourth-order valence-electron chi connectivity index (χ4n) is 2.05. The molecule has 0 aliphatic heterocycles. The molecule has 0 aliphatic rings. The Hall–Kier alpha value is -2.05. The summed E-state index contributed by atoms with van der Waals surface area (Å²) < 4.78 is 32.4. The molecule has 2 aromatic rings. The van der Waals surface area contributed by atoms with Crippen LogP contribution in [0.5, 0.6) is 0 Å². The summed E-state index contributed by atoms with van der Waals surface area (Å²) in [7, 11) is -2.62. The van der Waals surface area contributed by atoms with E-state index in [1.807, 2.05) is 0 Å². The van der Waals surface area contributed by atoms with Gasteiger partial charge in [-0.25, -0.2) is 13.2 Å². The molecule has 0 amide bonds. The minimum Gasteiger partial charge on any atom is -0.465 e. The van der Waals surface area contributed by atoms with E-state index in [0.29, 0.717) is 21.8 Å². The van der Waals surface area contributed by atoms with Gasteiger partial charge in [-0.15, -0.1) is 0 Å². The minimum atomic E-state index is -3.86. The standard InChI is InChI=1S/C16H16ClNO4S/c1-10-7-8-12(16(19)22-3)9-15(10)23(20,21)18-14-6-4-5-13(17)11(14)2/h4-9,18H,1-3H3. The first kappa shape index (κ1) is 17.3. The molecule has 0 bridgehead atoms. The zero-order chi connectivity index (χ0) is 17.2. The van der Waals surface area contributed by atoms with Crippen LogP contribution in [-0.2, 0) is 14.8 Å². The molecule has 2 aromatic carbocycles. The van der Waals surface area contributed by atoms with Crippen LogP contribution in [0.4, 0.5) is 5.69 Å². The van der Waals surface area contributed by atoms with E-state index >= 15 is 0 Å². The number of anilines is 1. The van der Waals surface area contributed by atoms with Gasteiger partial charge in [0.2, 0.25) is 0 Å². The zero-order valence-corrected chi connectivity index (χ0v) is 14.5. The second-order valence-electron chi connectivity index (χ2n) is 4.99. The summed E-state index contributed by atoms with van der Waals surface area (Å²) in [5.41, 5.74) is 1.70. The Kier molecular flexibility index (Phi) is 4.97. The van der Waals surface area contributed by atoms with Gasteiger partial charge in [0.05, 0.1) is 23.3 Å². The number of hydrogen-bond donors (Lipinski definition) is 1. The Morgan fingerprint density at radius 3 is 2.52 bits per heavy atom. The number of esters is 1. The molecule has 0 saturated heterocycles. The van der Waals surface area contributed by atoms with Crippen LogP contribution >= 0.6 is 11.6 Å². The van der Waals surface area contributed by atoms with Crippen LogP contribution < -0.4 is 4.72 Å². The monoisotopic (exact) mass is 353 g/mol. The molecule has 0 atom stereocenters. The maximum Gasteiger partial charge on any atom is 0.337 e. The average molecular weight is 354 g/mol. The smallest absolute Gasteiger partial charge is 0.337 e. The lowest BCUT2D eigenvalue weighted by Crippen LogP contribution is -2.16. The number of rotatable bonds is 4. The van der Waals surface area contributed by atoms with Gasteiger partial charge in [-0.05, 0) is 49.2 Å². The lowest BCUT2D eigenvalue weighted by Gasteiger charge is -2.13. The van der Waals surface area contributed by atoms with Gasteiger partial charge >= 0.3 is 5.97 Å². The Morgan fingerprint density at radius 2 is 1.87 bits per heavy atom. The Morgan fingerprint density at radius 1 is 1.17 bits per heavy atom. The predicted molar refractivity (Wildman–Crippen MR) is 89.5 cm³/mol.